The molecular formula is C19H17N7O4. The molecule has 3 rings (SSSR count). The molecule has 2 aromatic carbocycles. The summed E-state index contributed by atoms with van der Waals surface area (Å²) in [6.07, 6.45) is 1.37. The standard InChI is InChI=1S/C19H17N7O4/c1-13-17(26(29)30)18(24(2)15-8-4-3-5-9-15)22-19(21-13)23-20-12-14-7-6-10-16(11-14)25(27)28/h3-12H,1-2H3,(H,21,22,23). The van der Waals surface area contributed by atoms with Crippen LogP contribution in [0.5, 0.6) is 0 Å². The molecule has 1 heterocycles. The maximum absolute atomic E-state index is 11.6. The fraction of sp³-hybridized carbons (Fsp3) is 0.105. The highest BCUT2D eigenvalue weighted by molar-refractivity contribution is 5.81. The van der Waals surface area contributed by atoms with Crippen LogP contribution in [0.15, 0.2) is 59.7 Å². The lowest BCUT2D eigenvalue weighted by atomic mass is 10.2. The third-order valence-corrected chi connectivity index (χ3v) is 4.14. The zero-order valence-electron chi connectivity index (χ0n) is 16.1. The summed E-state index contributed by atoms with van der Waals surface area (Å²) in [5.74, 6) is 0.157. The van der Waals surface area contributed by atoms with Gasteiger partial charge in [0.2, 0.25) is 11.8 Å². The van der Waals surface area contributed by atoms with Crippen molar-refractivity contribution in [3.8, 4) is 0 Å². The number of para-hydroxylation sites is 1. The van der Waals surface area contributed by atoms with E-state index in [0.29, 0.717) is 11.3 Å². The number of benzene rings is 2. The Labute approximate surface area is 171 Å². The van der Waals surface area contributed by atoms with Gasteiger partial charge in [0.15, 0.2) is 0 Å². The SMILES string of the molecule is Cc1nc(NN=Cc2cccc([N+](=O)[O-])c2)nc(N(C)c2ccccc2)c1[N+](=O)[O-]. The molecule has 0 saturated heterocycles. The van der Waals surface area contributed by atoms with E-state index in [1.165, 1.54) is 25.3 Å². The Balaban J connectivity index is 1.91. The van der Waals surface area contributed by atoms with Crippen LogP contribution in [-0.2, 0) is 0 Å². The number of anilines is 3. The van der Waals surface area contributed by atoms with Crippen molar-refractivity contribution < 1.29 is 9.85 Å². The number of aromatic nitrogens is 2. The summed E-state index contributed by atoms with van der Waals surface area (Å²) in [6.45, 7) is 1.51. The van der Waals surface area contributed by atoms with E-state index in [0.717, 1.165) is 0 Å². The fourth-order valence-electron chi connectivity index (χ4n) is 2.71. The molecule has 0 aliphatic rings. The van der Waals surface area contributed by atoms with E-state index in [1.54, 1.807) is 36.2 Å². The second kappa shape index (κ2) is 8.73. The summed E-state index contributed by atoms with van der Waals surface area (Å²) in [5, 5.41) is 26.4. The molecule has 0 atom stereocenters. The zero-order chi connectivity index (χ0) is 21.7. The lowest BCUT2D eigenvalue weighted by Crippen LogP contribution is -2.16. The zero-order valence-corrected chi connectivity index (χ0v) is 16.1. The highest BCUT2D eigenvalue weighted by Crippen LogP contribution is 2.33. The second-order valence-electron chi connectivity index (χ2n) is 6.18. The number of hydrogen-bond donors (Lipinski definition) is 1. The third-order valence-electron chi connectivity index (χ3n) is 4.14. The van der Waals surface area contributed by atoms with Crippen LogP contribution in [0, 0.1) is 27.2 Å². The second-order valence-corrected chi connectivity index (χ2v) is 6.18. The molecule has 11 heteroatoms. The van der Waals surface area contributed by atoms with E-state index in [9.17, 15) is 20.2 Å². The summed E-state index contributed by atoms with van der Waals surface area (Å²) >= 11 is 0. The average Bonchev–Trinajstić information content (AvgIpc) is 2.73. The van der Waals surface area contributed by atoms with Crippen molar-refractivity contribution in [1.82, 2.24) is 9.97 Å². The minimum atomic E-state index is -0.528. The first-order valence-electron chi connectivity index (χ1n) is 8.72. The van der Waals surface area contributed by atoms with E-state index in [1.807, 2.05) is 18.2 Å². The maximum Gasteiger partial charge on any atom is 0.333 e. The van der Waals surface area contributed by atoms with Gasteiger partial charge in [0, 0.05) is 30.4 Å². The number of aryl methyl sites for hydroxylation is 1. The molecule has 0 aliphatic carbocycles. The average molecular weight is 407 g/mol. The van der Waals surface area contributed by atoms with Crippen LogP contribution in [-0.4, -0.2) is 33.1 Å². The first-order chi connectivity index (χ1) is 14.4. The number of non-ortho nitro benzene ring substituents is 1. The molecule has 0 aliphatic heterocycles. The van der Waals surface area contributed by atoms with Crippen LogP contribution >= 0.6 is 0 Å². The summed E-state index contributed by atoms with van der Waals surface area (Å²) in [7, 11) is 1.67. The van der Waals surface area contributed by atoms with Gasteiger partial charge in [-0.25, -0.2) is 10.4 Å². The summed E-state index contributed by atoms with van der Waals surface area (Å²) < 4.78 is 0. The van der Waals surface area contributed by atoms with Crippen molar-refractivity contribution in [1.29, 1.82) is 0 Å². The Morgan fingerprint density at radius 2 is 1.77 bits per heavy atom. The molecule has 0 unspecified atom stereocenters. The molecule has 0 fully saturated rings. The molecule has 30 heavy (non-hydrogen) atoms. The Bertz CT molecular complexity index is 1120. The lowest BCUT2D eigenvalue weighted by molar-refractivity contribution is -0.385. The van der Waals surface area contributed by atoms with Crippen LogP contribution in [0.25, 0.3) is 0 Å². The van der Waals surface area contributed by atoms with Gasteiger partial charge in [-0.15, -0.1) is 0 Å². The van der Waals surface area contributed by atoms with Crippen molar-refractivity contribution in [3.63, 3.8) is 0 Å². The van der Waals surface area contributed by atoms with Gasteiger partial charge in [0.05, 0.1) is 16.1 Å². The van der Waals surface area contributed by atoms with Gasteiger partial charge >= 0.3 is 5.69 Å². The number of hydrazone groups is 1. The molecular weight excluding hydrogens is 390 g/mol. The summed E-state index contributed by atoms with van der Waals surface area (Å²) in [6, 6.07) is 15.0. The lowest BCUT2D eigenvalue weighted by Gasteiger charge is -2.19. The highest BCUT2D eigenvalue weighted by atomic mass is 16.6. The fourth-order valence-corrected chi connectivity index (χ4v) is 2.71. The number of rotatable bonds is 7. The molecule has 0 bridgehead atoms. The van der Waals surface area contributed by atoms with Crippen LogP contribution in [0.1, 0.15) is 11.3 Å². The maximum atomic E-state index is 11.6. The minimum absolute atomic E-state index is 0.0533. The van der Waals surface area contributed by atoms with Crippen LogP contribution in [0.4, 0.5) is 28.8 Å². The smallest absolute Gasteiger partial charge is 0.324 e. The van der Waals surface area contributed by atoms with E-state index >= 15 is 0 Å². The van der Waals surface area contributed by atoms with Crippen LogP contribution in [0.3, 0.4) is 0 Å². The van der Waals surface area contributed by atoms with Crippen molar-refractivity contribution in [2.75, 3.05) is 17.4 Å². The van der Waals surface area contributed by atoms with E-state index in [2.05, 4.69) is 20.5 Å². The van der Waals surface area contributed by atoms with Gasteiger partial charge in [-0.2, -0.15) is 10.1 Å². The van der Waals surface area contributed by atoms with Crippen molar-refractivity contribution in [2.24, 2.45) is 5.10 Å². The van der Waals surface area contributed by atoms with E-state index < -0.39 is 9.85 Å². The van der Waals surface area contributed by atoms with Gasteiger partial charge in [-0.1, -0.05) is 30.3 Å². The van der Waals surface area contributed by atoms with Gasteiger partial charge in [-0.05, 0) is 19.1 Å². The Hall–Kier alpha value is -4.41. The summed E-state index contributed by atoms with van der Waals surface area (Å²) in [4.78, 5) is 31.3. The highest BCUT2D eigenvalue weighted by Gasteiger charge is 2.25. The number of nitrogens with one attached hydrogen (secondary N) is 1. The topological polar surface area (TPSA) is 140 Å². The first-order valence-corrected chi connectivity index (χ1v) is 8.72. The molecule has 1 aromatic heterocycles. The van der Waals surface area contributed by atoms with Crippen molar-refractivity contribution in [2.45, 2.75) is 6.92 Å². The largest absolute Gasteiger partial charge is 0.333 e. The van der Waals surface area contributed by atoms with Crippen LogP contribution in [0.2, 0.25) is 0 Å². The quantitative estimate of drug-likeness (QED) is 0.354. The number of nitrogens with zero attached hydrogens (tertiary/aromatic N) is 6. The number of nitro groups is 2. The van der Waals surface area contributed by atoms with Crippen LogP contribution < -0.4 is 10.3 Å². The third kappa shape index (κ3) is 4.52. The normalized spacial score (nSPS) is 10.7. The number of nitro benzene ring substituents is 1. The molecule has 1 N–H and O–H groups in total. The Morgan fingerprint density at radius 1 is 1.03 bits per heavy atom. The Kier molecular flexibility index (Phi) is 5.92. The molecule has 3 aromatic rings. The van der Waals surface area contributed by atoms with Gasteiger partial charge in [0.25, 0.3) is 5.69 Å². The number of hydrogen-bond acceptors (Lipinski definition) is 9. The minimum Gasteiger partial charge on any atom is -0.324 e. The van der Waals surface area contributed by atoms with Gasteiger partial charge in [0.1, 0.15) is 5.69 Å². The van der Waals surface area contributed by atoms with Crippen molar-refractivity contribution >= 4 is 35.0 Å². The predicted molar refractivity (Wildman–Crippen MR) is 112 cm³/mol. The molecule has 0 spiro atoms. The van der Waals surface area contributed by atoms with Gasteiger partial charge in [-0.3, -0.25) is 20.2 Å². The molecule has 0 amide bonds. The summed E-state index contributed by atoms with van der Waals surface area (Å²) in [5.41, 5.74) is 3.73. The van der Waals surface area contributed by atoms with E-state index in [4.69, 9.17) is 0 Å². The first kappa shape index (κ1) is 20.3. The monoisotopic (exact) mass is 407 g/mol. The predicted octanol–water partition coefficient (Wildman–Crippen LogP) is 3.82. The van der Waals surface area contributed by atoms with E-state index in [-0.39, 0.29) is 28.8 Å². The molecule has 11 nitrogen and oxygen atoms in total. The molecule has 152 valence electrons. The van der Waals surface area contributed by atoms with Gasteiger partial charge < -0.3 is 4.90 Å². The molecule has 0 radical (unpaired) electrons. The van der Waals surface area contributed by atoms with Crippen molar-refractivity contribution in [3.05, 3.63) is 86.1 Å². The Morgan fingerprint density at radius 3 is 2.43 bits per heavy atom. The molecule has 0 saturated carbocycles.